The van der Waals surface area contributed by atoms with Crippen LogP contribution in [-0.4, -0.2) is 17.4 Å². The van der Waals surface area contributed by atoms with Crippen molar-refractivity contribution in [2.45, 2.75) is 32.1 Å². The van der Waals surface area contributed by atoms with E-state index in [-0.39, 0.29) is 5.91 Å². The minimum Gasteiger partial charge on any atom is -0.384 e. The zero-order valence-corrected chi connectivity index (χ0v) is 9.49. The summed E-state index contributed by atoms with van der Waals surface area (Å²) >= 11 is 0. The number of hydrogen-bond acceptors (Lipinski definition) is 3. The molecule has 0 bridgehead atoms. The number of nitrogens with one attached hydrogen (secondary N) is 1. The van der Waals surface area contributed by atoms with Crippen molar-refractivity contribution in [3.8, 4) is 0 Å². The molecule has 1 saturated heterocycles. The summed E-state index contributed by atoms with van der Waals surface area (Å²) in [6, 6.07) is 3.84. The number of hydrogen-bond donors (Lipinski definition) is 2. The Morgan fingerprint density at radius 3 is 3.06 bits per heavy atom. The fraction of sp³-hybridized carbons (Fsp3) is 0.500. The second kappa shape index (κ2) is 4.51. The Hall–Kier alpha value is -1.58. The molecule has 1 aliphatic rings. The molecule has 1 fully saturated rings. The van der Waals surface area contributed by atoms with Crippen LogP contribution in [0.3, 0.4) is 0 Å². The summed E-state index contributed by atoms with van der Waals surface area (Å²) in [6.07, 6.45) is 2.42. The molecule has 1 amide bonds. The normalized spacial score (nSPS) is 20.6. The first-order valence-electron chi connectivity index (χ1n) is 5.72. The fourth-order valence-corrected chi connectivity index (χ4v) is 2.23. The Morgan fingerprint density at radius 2 is 2.38 bits per heavy atom. The molecule has 1 aromatic rings. The molecule has 4 nitrogen and oxygen atoms in total. The van der Waals surface area contributed by atoms with Crippen molar-refractivity contribution in [1.82, 2.24) is 10.3 Å². The molecule has 0 unspecified atom stereocenters. The first-order chi connectivity index (χ1) is 7.70. The predicted octanol–water partition coefficient (Wildman–Crippen LogP) is 1.22. The molecule has 0 aliphatic carbocycles. The van der Waals surface area contributed by atoms with Gasteiger partial charge in [-0.05, 0) is 30.4 Å². The maximum absolute atomic E-state index is 11.4. The highest BCUT2D eigenvalue weighted by Gasteiger charge is 2.22. The average molecular weight is 219 g/mol. The van der Waals surface area contributed by atoms with E-state index in [1.165, 1.54) is 5.56 Å². The lowest BCUT2D eigenvalue weighted by Gasteiger charge is -2.24. The average Bonchev–Trinajstić information content (AvgIpc) is 2.28. The summed E-state index contributed by atoms with van der Waals surface area (Å²) in [4.78, 5) is 15.7. The number of carbonyl (C=O) groups excluding carboxylic acids is 1. The number of nitrogens with two attached hydrogens (primary N) is 1. The van der Waals surface area contributed by atoms with Gasteiger partial charge in [0.2, 0.25) is 5.91 Å². The van der Waals surface area contributed by atoms with Crippen LogP contribution < -0.4 is 11.1 Å². The van der Waals surface area contributed by atoms with Gasteiger partial charge >= 0.3 is 0 Å². The third-order valence-electron chi connectivity index (χ3n) is 3.05. The van der Waals surface area contributed by atoms with E-state index < -0.39 is 0 Å². The van der Waals surface area contributed by atoms with Crippen molar-refractivity contribution >= 4 is 11.7 Å². The molecule has 16 heavy (non-hydrogen) atoms. The van der Waals surface area contributed by atoms with E-state index in [2.05, 4.69) is 17.2 Å². The highest BCUT2D eigenvalue weighted by Crippen LogP contribution is 2.28. The van der Waals surface area contributed by atoms with Gasteiger partial charge in [-0.25, -0.2) is 4.98 Å². The van der Waals surface area contributed by atoms with Gasteiger partial charge in [-0.2, -0.15) is 0 Å². The lowest BCUT2D eigenvalue weighted by molar-refractivity contribution is -0.122. The Labute approximate surface area is 95.3 Å². The first-order valence-corrected chi connectivity index (χ1v) is 5.72. The molecule has 1 atom stereocenters. The number of aryl methyl sites for hydroxylation is 1. The Balaban J connectivity index is 2.28. The number of carbonyl (C=O) groups is 1. The zero-order valence-electron chi connectivity index (χ0n) is 9.49. The van der Waals surface area contributed by atoms with Crippen molar-refractivity contribution < 1.29 is 4.79 Å². The van der Waals surface area contributed by atoms with E-state index in [9.17, 15) is 4.79 Å². The number of rotatable bonds is 2. The van der Waals surface area contributed by atoms with Crippen LogP contribution in [0.25, 0.3) is 0 Å². The second-order valence-corrected chi connectivity index (χ2v) is 4.17. The first kappa shape index (κ1) is 10.9. The minimum atomic E-state index is 0.134. The van der Waals surface area contributed by atoms with Crippen LogP contribution in [0, 0.1) is 0 Å². The van der Waals surface area contributed by atoms with Crippen LogP contribution in [0.5, 0.6) is 0 Å². The van der Waals surface area contributed by atoms with Crippen LogP contribution in [0.4, 0.5) is 5.82 Å². The van der Waals surface area contributed by atoms with Gasteiger partial charge in [0, 0.05) is 18.7 Å². The molecule has 86 valence electrons. The molecule has 0 spiro atoms. The smallest absolute Gasteiger partial charge is 0.220 e. The molecule has 0 saturated carbocycles. The maximum atomic E-state index is 11.4. The van der Waals surface area contributed by atoms with E-state index >= 15 is 0 Å². The van der Waals surface area contributed by atoms with Gasteiger partial charge < -0.3 is 11.1 Å². The van der Waals surface area contributed by atoms with Gasteiger partial charge in [-0.3, -0.25) is 4.79 Å². The highest BCUT2D eigenvalue weighted by molar-refractivity contribution is 5.77. The van der Waals surface area contributed by atoms with Crippen molar-refractivity contribution in [1.29, 1.82) is 0 Å². The van der Waals surface area contributed by atoms with Gasteiger partial charge in [0.1, 0.15) is 5.82 Å². The highest BCUT2D eigenvalue weighted by atomic mass is 16.1. The summed E-state index contributed by atoms with van der Waals surface area (Å²) in [6.45, 7) is 2.82. The Bertz CT molecular complexity index is 403. The number of nitrogens with zero attached hydrogens (tertiary/aromatic N) is 1. The number of amides is 1. The lowest BCUT2D eigenvalue weighted by atomic mass is 9.88. The van der Waals surface area contributed by atoms with Gasteiger partial charge in [0.25, 0.3) is 0 Å². The maximum Gasteiger partial charge on any atom is 0.220 e. The third kappa shape index (κ3) is 2.15. The van der Waals surface area contributed by atoms with Crippen LogP contribution >= 0.6 is 0 Å². The van der Waals surface area contributed by atoms with Gasteiger partial charge in [0.05, 0.1) is 0 Å². The van der Waals surface area contributed by atoms with Crippen molar-refractivity contribution in [3.63, 3.8) is 0 Å². The lowest BCUT2D eigenvalue weighted by Crippen LogP contribution is -2.33. The van der Waals surface area contributed by atoms with Crippen LogP contribution in [-0.2, 0) is 11.2 Å². The Morgan fingerprint density at radius 1 is 1.56 bits per heavy atom. The topological polar surface area (TPSA) is 68.0 Å². The molecule has 2 rings (SSSR count). The van der Waals surface area contributed by atoms with Crippen LogP contribution in [0.15, 0.2) is 12.1 Å². The molecule has 0 radical (unpaired) electrons. The van der Waals surface area contributed by atoms with E-state index in [1.54, 1.807) is 0 Å². The van der Waals surface area contributed by atoms with Crippen molar-refractivity contribution in [2.24, 2.45) is 0 Å². The van der Waals surface area contributed by atoms with E-state index in [1.807, 2.05) is 12.1 Å². The van der Waals surface area contributed by atoms with E-state index in [0.29, 0.717) is 18.2 Å². The zero-order chi connectivity index (χ0) is 11.5. The number of anilines is 1. The summed E-state index contributed by atoms with van der Waals surface area (Å²) in [5.74, 6) is 0.993. The molecule has 2 heterocycles. The van der Waals surface area contributed by atoms with Crippen LogP contribution in [0.1, 0.15) is 36.9 Å². The molecule has 3 N–H and O–H groups in total. The number of piperidine rings is 1. The molecule has 4 heteroatoms. The summed E-state index contributed by atoms with van der Waals surface area (Å²) in [5.41, 5.74) is 7.88. The fourth-order valence-electron chi connectivity index (χ4n) is 2.23. The van der Waals surface area contributed by atoms with Crippen molar-refractivity contribution in [3.05, 3.63) is 23.4 Å². The second-order valence-electron chi connectivity index (χ2n) is 4.17. The Kier molecular flexibility index (Phi) is 3.08. The summed E-state index contributed by atoms with van der Waals surface area (Å²) in [7, 11) is 0. The predicted molar refractivity (Wildman–Crippen MR) is 63.0 cm³/mol. The molecule has 1 aliphatic heterocycles. The molecule has 0 aromatic carbocycles. The molecular weight excluding hydrogens is 202 g/mol. The van der Waals surface area contributed by atoms with E-state index in [4.69, 9.17) is 5.73 Å². The number of nitrogen functional groups attached to an aromatic ring is 1. The van der Waals surface area contributed by atoms with Crippen LogP contribution in [0.2, 0.25) is 0 Å². The minimum absolute atomic E-state index is 0.134. The SMILES string of the molecule is CCc1nc(N)ccc1[C@@H]1CCNC(=O)C1. The number of pyridine rings is 1. The standard InChI is InChI=1S/C12H17N3O/c1-2-10-9(3-4-11(13)15-10)8-5-6-14-12(16)7-8/h3-4,8H,2,5-7H2,1H3,(H2,13,15)(H,14,16)/t8-/m1/s1. The summed E-state index contributed by atoms with van der Waals surface area (Å²) < 4.78 is 0. The quantitative estimate of drug-likeness (QED) is 0.785. The third-order valence-corrected chi connectivity index (χ3v) is 3.05. The van der Waals surface area contributed by atoms with Gasteiger partial charge in [-0.1, -0.05) is 13.0 Å². The van der Waals surface area contributed by atoms with Crippen molar-refractivity contribution in [2.75, 3.05) is 12.3 Å². The molecular formula is C12H17N3O. The van der Waals surface area contributed by atoms with Gasteiger partial charge in [-0.15, -0.1) is 0 Å². The largest absolute Gasteiger partial charge is 0.384 e. The summed E-state index contributed by atoms with van der Waals surface area (Å²) in [5, 5.41) is 2.85. The van der Waals surface area contributed by atoms with Gasteiger partial charge in [0.15, 0.2) is 0 Å². The number of aromatic nitrogens is 1. The molecule has 1 aromatic heterocycles. The van der Waals surface area contributed by atoms with E-state index in [0.717, 1.165) is 25.1 Å². The monoisotopic (exact) mass is 219 g/mol.